The Hall–Kier alpha value is -1.55. The van der Waals surface area contributed by atoms with Crippen LogP contribution in [0.4, 0.5) is 0 Å². The molecule has 4 heteroatoms. The molecule has 2 unspecified atom stereocenters. The number of likely N-dealkylation sites (tertiary alicyclic amines) is 1. The van der Waals surface area contributed by atoms with E-state index in [9.17, 15) is 9.90 Å². The van der Waals surface area contributed by atoms with Gasteiger partial charge in [-0.05, 0) is 42.9 Å². The maximum atomic E-state index is 13.3. The van der Waals surface area contributed by atoms with E-state index in [4.69, 9.17) is 4.74 Å². The van der Waals surface area contributed by atoms with Gasteiger partial charge < -0.3 is 14.7 Å². The standard InChI is InChI=1S/C19H27NO3/c1-14-8-11-20(13-17(14)21)18(22)19(9-3-4-10-19)15-6-5-7-16(12-15)23-2/h5-7,12,14,17,21H,3-4,8-11,13H2,1-2H3. The fraction of sp³-hybridized carbons (Fsp3) is 0.632. The van der Waals surface area contributed by atoms with Crippen LogP contribution in [0.5, 0.6) is 5.75 Å². The lowest BCUT2D eigenvalue weighted by molar-refractivity contribution is -0.141. The molecule has 4 nitrogen and oxygen atoms in total. The number of β-amino-alcohol motifs (C(OH)–C–C–N with tert-alkyl or cyclic N) is 1. The first-order valence-corrected chi connectivity index (χ1v) is 8.69. The van der Waals surface area contributed by atoms with Crippen LogP contribution in [-0.2, 0) is 10.2 Å². The Morgan fingerprint density at radius 2 is 2.09 bits per heavy atom. The van der Waals surface area contributed by atoms with Crippen LogP contribution in [0.15, 0.2) is 24.3 Å². The number of ether oxygens (including phenoxy) is 1. The van der Waals surface area contributed by atoms with Crippen molar-refractivity contribution in [2.24, 2.45) is 5.92 Å². The Bertz CT molecular complexity index is 565. The molecule has 0 bridgehead atoms. The van der Waals surface area contributed by atoms with E-state index in [2.05, 4.69) is 13.0 Å². The van der Waals surface area contributed by atoms with Gasteiger partial charge in [0.15, 0.2) is 0 Å². The van der Waals surface area contributed by atoms with Crippen LogP contribution in [0, 0.1) is 5.92 Å². The van der Waals surface area contributed by atoms with Gasteiger partial charge in [0, 0.05) is 13.1 Å². The summed E-state index contributed by atoms with van der Waals surface area (Å²) >= 11 is 0. The molecule has 1 N–H and O–H groups in total. The van der Waals surface area contributed by atoms with Gasteiger partial charge in [-0.1, -0.05) is 31.9 Å². The van der Waals surface area contributed by atoms with Crippen molar-refractivity contribution < 1.29 is 14.6 Å². The van der Waals surface area contributed by atoms with E-state index in [1.54, 1.807) is 7.11 Å². The Morgan fingerprint density at radius 1 is 1.35 bits per heavy atom. The lowest BCUT2D eigenvalue weighted by Gasteiger charge is -2.40. The number of hydrogen-bond donors (Lipinski definition) is 1. The molecule has 1 saturated heterocycles. The Labute approximate surface area is 138 Å². The minimum absolute atomic E-state index is 0.189. The summed E-state index contributed by atoms with van der Waals surface area (Å²) in [6, 6.07) is 7.94. The molecule has 0 aromatic heterocycles. The van der Waals surface area contributed by atoms with E-state index in [1.165, 1.54) is 0 Å². The molecule has 1 heterocycles. The van der Waals surface area contributed by atoms with E-state index >= 15 is 0 Å². The van der Waals surface area contributed by atoms with Crippen molar-refractivity contribution in [1.29, 1.82) is 0 Å². The lowest BCUT2D eigenvalue weighted by Crippen LogP contribution is -2.52. The number of hydrogen-bond acceptors (Lipinski definition) is 3. The summed E-state index contributed by atoms with van der Waals surface area (Å²) in [6.07, 6.45) is 4.41. The van der Waals surface area contributed by atoms with Gasteiger partial charge in [-0.15, -0.1) is 0 Å². The molecule has 126 valence electrons. The van der Waals surface area contributed by atoms with Crippen molar-refractivity contribution in [2.75, 3.05) is 20.2 Å². The average molecular weight is 317 g/mol. The fourth-order valence-electron chi connectivity index (χ4n) is 4.06. The van der Waals surface area contributed by atoms with Crippen LogP contribution in [0.25, 0.3) is 0 Å². The third-order valence-corrected chi connectivity index (χ3v) is 5.69. The van der Waals surface area contributed by atoms with Gasteiger partial charge in [-0.25, -0.2) is 0 Å². The third-order valence-electron chi connectivity index (χ3n) is 5.69. The van der Waals surface area contributed by atoms with Gasteiger partial charge in [0.1, 0.15) is 5.75 Å². The first-order chi connectivity index (χ1) is 11.1. The van der Waals surface area contributed by atoms with Crippen molar-refractivity contribution >= 4 is 5.91 Å². The Kier molecular flexibility index (Phi) is 4.62. The van der Waals surface area contributed by atoms with E-state index in [0.29, 0.717) is 6.54 Å². The molecule has 1 aliphatic carbocycles. The largest absolute Gasteiger partial charge is 0.497 e. The predicted molar refractivity (Wildman–Crippen MR) is 89.5 cm³/mol. The topological polar surface area (TPSA) is 49.8 Å². The molecule has 0 spiro atoms. The maximum Gasteiger partial charge on any atom is 0.233 e. The smallest absolute Gasteiger partial charge is 0.233 e. The van der Waals surface area contributed by atoms with Gasteiger partial charge in [-0.2, -0.15) is 0 Å². The van der Waals surface area contributed by atoms with Crippen LogP contribution < -0.4 is 4.74 Å². The van der Waals surface area contributed by atoms with Gasteiger partial charge in [0.05, 0.1) is 18.6 Å². The number of methoxy groups -OCH3 is 1. The van der Waals surface area contributed by atoms with Crippen LogP contribution >= 0.6 is 0 Å². The highest BCUT2D eigenvalue weighted by atomic mass is 16.5. The predicted octanol–water partition coefficient (Wildman–Crippen LogP) is 2.74. The number of aliphatic hydroxyl groups excluding tert-OH is 1. The van der Waals surface area contributed by atoms with Gasteiger partial charge in [0.2, 0.25) is 5.91 Å². The fourth-order valence-corrected chi connectivity index (χ4v) is 4.06. The molecule has 2 fully saturated rings. The number of aliphatic hydroxyl groups is 1. The molecule has 0 radical (unpaired) electrons. The normalized spacial score (nSPS) is 27.0. The van der Waals surface area contributed by atoms with Crippen LogP contribution in [0.3, 0.4) is 0 Å². The van der Waals surface area contributed by atoms with Crippen molar-refractivity contribution in [2.45, 2.75) is 50.5 Å². The highest BCUT2D eigenvalue weighted by molar-refractivity contribution is 5.89. The molecular formula is C19H27NO3. The molecule has 1 aromatic carbocycles. The first kappa shape index (κ1) is 16.3. The number of amides is 1. The molecule has 1 aromatic rings. The summed E-state index contributed by atoms with van der Waals surface area (Å²) in [4.78, 5) is 15.2. The zero-order valence-electron chi connectivity index (χ0n) is 14.1. The van der Waals surface area contributed by atoms with E-state index in [-0.39, 0.29) is 11.8 Å². The molecule has 2 aliphatic rings. The lowest BCUT2D eigenvalue weighted by atomic mass is 9.76. The van der Waals surface area contributed by atoms with Crippen LogP contribution in [0.2, 0.25) is 0 Å². The van der Waals surface area contributed by atoms with Gasteiger partial charge in [0.25, 0.3) is 0 Å². The second-order valence-electron chi connectivity index (χ2n) is 7.11. The monoisotopic (exact) mass is 317 g/mol. The van der Waals surface area contributed by atoms with Crippen molar-refractivity contribution in [3.05, 3.63) is 29.8 Å². The average Bonchev–Trinajstić information content (AvgIpc) is 3.08. The Balaban J connectivity index is 1.90. The van der Waals surface area contributed by atoms with Crippen molar-refractivity contribution in [3.8, 4) is 5.75 Å². The highest BCUT2D eigenvalue weighted by Crippen LogP contribution is 2.44. The van der Waals surface area contributed by atoms with Crippen LogP contribution in [-0.4, -0.2) is 42.2 Å². The molecule has 1 saturated carbocycles. The maximum absolute atomic E-state index is 13.3. The number of rotatable bonds is 3. The molecule has 1 aliphatic heterocycles. The number of carbonyl (C=O) groups is 1. The highest BCUT2D eigenvalue weighted by Gasteiger charge is 2.46. The second kappa shape index (κ2) is 6.52. The molecule has 3 rings (SSSR count). The summed E-state index contributed by atoms with van der Waals surface area (Å²) < 4.78 is 5.35. The third kappa shape index (κ3) is 2.97. The van der Waals surface area contributed by atoms with Crippen molar-refractivity contribution in [3.63, 3.8) is 0 Å². The molecule has 2 atom stereocenters. The number of benzene rings is 1. The summed E-state index contributed by atoms with van der Waals surface area (Å²) in [5.74, 6) is 1.26. The van der Waals surface area contributed by atoms with Gasteiger partial charge in [-0.3, -0.25) is 4.79 Å². The van der Waals surface area contributed by atoms with Gasteiger partial charge >= 0.3 is 0 Å². The molecule has 1 amide bonds. The van der Waals surface area contributed by atoms with E-state index in [0.717, 1.165) is 50.0 Å². The second-order valence-corrected chi connectivity index (χ2v) is 7.11. The van der Waals surface area contributed by atoms with E-state index < -0.39 is 11.5 Å². The summed E-state index contributed by atoms with van der Waals surface area (Å²) in [5.41, 5.74) is 0.627. The minimum atomic E-state index is -0.436. The summed E-state index contributed by atoms with van der Waals surface area (Å²) in [5, 5.41) is 10.2. The summed E-state index contributed by atoms with van der Waals surface area (Å²) in [6.45, 7) is 3.27. The minimum Gasteiger partial charge on any atom is -0.497 e. The zero-order valence-corrected chi connectivity index (χ0v) is 14.1. The number of nitrogens with zero attached hydrogens (tertiary/aromatic N) is 1. The van der Waals surface area contributed by atoms with Crippen molar-refractivity contribution in [1.82, 2.24) is 4.90 Å². The quantitative estimate of drug-likeness (QED) is 0.932. The van der Waals surface area contributed by atoms with E-state index in [1.807, 2.05) is 23.1 Å². The molecular weight excluding hydrogens is 290 g/mol. The molecule has 23 heavy (non-hydrogen) atoms. The summed E-state index contributed by atoms with van der Waals surface area (Å²) in [7, 11) is 1.66. The van der Waals surface area contributed by atoms with Crippen LogP contribution in [0.1, 0.15) is 44.6 Å². The number of piperidine rings is 1. The Morgan fingerprint density at radius 3 is 2.74 bits per heavy atom. The zero-order chi connectivity index (χ0) is 16.4. The first-order valence-electron chi connectivity index (χ1n) is 8.69. The SMILES string of the molecule is COc1cccc(C2(C(=O)N3CCC(C)C(O)C3)CCCC2)c1. The number of carbonyl (C=O) groups excluding carboxylic acids is 1.